The van der Waals surface area contributed by atoms with E-state index in [1.54, 1.807) is 25.3 Å². The highest BCUT2D eigenvalue weighted by atomic mass is 35.5. The van der Waals surface area contributed by atoms with Crippen LogP contribution in [0.5, 0.6) is 11.5 Å². The van der Waals surface area contributed by atoms with Gasteiger partial charge in [-0.3, -0.25) is 0 Å². The molecule has 26 heavy (non-hydrogen) atoms. The molecule has 2 rings (SSSR count). The molecule has 2 aromatic carbocycles. The van der Waals surface area contributed by atoms with Gasteiger partial charge >= 0.3 is 5.97 Å². The number of methoxy groups -OCH3 is 1. The maximum atomic E-state index is 11.4. The summed E-state index contributed by atoms with van der Waals surface area (Å²) < 4.78 is 15.5. The largest absolute Gasteiger partial charge is 0.493 e. The third kappa shape index (κ3) is 6.29. The predicted molar refractivity (Wildman–Crippen MR) is 101 cm³/mol. The molecule has 0 heterocycles. The van der Waals surface area contributed by atoms with Crippen LogP contribution in [-0.4, -0.2) is 32.5 Å². The lowest BCUT2D eigenvalue weighted by atomic mass is 10.2. The summed E-state index contributed by atoms with van der Waals surface area (Å²) in [7, 11) is 1.53. The van der Waals surface area contributed by atoms with Gasteiger partial charge in [0.15, 0.2) is 18.1 Å². The van der Waals surface area contributed by atoms with Gasteiger partial charge in [-0.25, -0.2) is 4.79 Å². The van der Waals surface area contributed by atoms with Crippen LogP contribution in [-0.2, 0) is 16.1 Å². The van der Waals surface area contributed by atoms with E-state index in [9.17, 15) is 4.79 Å². The van der Waals surface area contributed by atoms with E-state index in [1.807, 2.05) is 30.3 Å². The van der Waals surface area contributed by atoms with Gasteiger partial charge in [0, 0.05) is 5.02 Å². The smallest absolute Gasteiger partial charge is 0.344 e. The third-order valence-corrected chi connectivity index (χ3v) is 3.59. The second-order valence-corrected chi connectivity index (χ2v) is 5.66. The lowest BCUT2D eigenvalue weighted by Gasteiger charge is -2.10. The Kier molecular flexibility index (Phi) is 7.76. The van der Waals surface area contributed by atoms with Crippen molar-refractivity contribution in [2.75, 3.05) is 20.3 Å². The zero-order valence-electron chi connectivity index (χ0n) is 14.7. The van der Waals surface area contributed by atoms with Gasteiger partial charge in [0.05, 0.1) is 26.5 Å². The molecule has 0 aliphatic heterocycles. The molecule has 0 aromatic heterocycles. The van der Waals surface area contributed by atoms with Crippen LogP contribution in [0.3, 0.4) is 0 Å². The van der Waals surface area contributed by atoms with Crippen LogP contribution in [0, 0.1) is 0 Å². The molecule has 0 aliphatic rings. The summed E-state index contributed by atoms with van der Waals surface area (Å²) in [5, 5.41) is 4.89. The number of nitrogens with one attached hydrogen (secondary N) is 1. The molecule has 0 fully saturated rings. The lowest BCUT2D eigenvalue weighted by Crippen LogP contribution is -2.14. The van der Waals surface area contributed by atoms with Crippen molar-refractivity contribution >= 4 is 23.8 Å². The summed E-state index contributed by atoms with van der Waals surface area (Å²) in [5.74, 6) is 0.550. The number of halogens is 1. The SMILES string of the molecule is CCOC(=O)COc1ccc(/C=N\NCc2ccc(Cl)cc2)cc1OC. The van der Waals surface area contributed by atoms with E-state index < -0.39 is 5.97 Å². The lowest BCUT2D eigenvalue weighted by molar-refractivity contribution is -0.145. The van der Waals surface area contributed by atoms with Crippen LogP contribution >= 0.6 is 11.6 Å². The molecule has 0 bridgehead atoms. The topological polar surface area (TPSA) is 69.2 Å². The van der Waals surface area contributed by atoms with Crippen LogP contribution < -0.4 is 14.9 Å². The minimum Gasteiger partial charge on any atom is -0.493 e. The van der Waals surface area contributed by atoms with Crippen LogP contribution in [0.2, 0.25) is 5.02 Å². The summed E-state index contributed by atoms with van der Waals surface area (Å²) in [4.78, 5) is 11.4. The molecule has 7 heteroatoms. The van der Waals surface area contributed by atoms with Crippen LogP contribution in [0.4, 0.5) is 0 Å². The van der Waals surface area contributed by atoms with Crippen molar-refractivity contribution in [1.82, 2.24) is 5.43 Å². The Morgan fingerprint density at radius 1 is 1.19 bits per heavy atom. The number of ether oxygens (including phenoxy) is 3. The minimum atomic E-state index is -0.424. The van der Waals surface area contributed by atoms with E-state index in [1.165, 1.54) is 7.11 Å². The molecular formula is C19H21ClN2O4. The van der Waals surface area contributed by atoms with Gasteiger partial charge in [-0.15, -0.1) is 0 Å². The fourth-order valence-corrected chi connectivity index (χ4v) is 2.21. The highest BCUT2D eigenvalue weighted by molar-refractivity contribution is 6.30. The van der Waals surface area contributed by atoms with E-state index in [2.05, 4.69) is 10.5 Å². The minimum absolute atomic E-state index is 0.166. The summed E-state index contributed by atoms with van der Waals surface area (Å²) >= 11 is 5.85. The molecular weight excluding hydrogens is 356 g/mol. The summed E-state index contributed by atoms with van der Waals surface area (Å²) in [6, 6.07) is 12.8. The fourth-order valence-electron chi connectivity index (χ4n) is 2.08. The standard InChI is InChI=1S/C19H21ClN2O4/c1-3-25-19(23)13-26-17-9-6-15(10-18(17)24-2)12-22-21-11-14-4-7-16(20)8-5-14/h4-10,12,21H,3,11,13H2,1-2H3/b22-12-. The highest BCUT2D eigenvalue weighted by Gasteiger charge is 2.08. The Morgan fingerprint density at radius 2 is 1.96 bits per heavy atom. The first kappa shape index (κ1) is 19.6. The number of carbonyl (C=O) groups excluding carboxylic acids is 1. The Morgan fingerprint density at radius 3 is 2.65 bits per heavy atom. The molecule has 0 radical (unpaired) electrons. The van der Waals surface area contributed by atoms with Crippen molar-refractivity contribution in [1.29, 1.82) is 0 Å². The van der Waals surface area contributed by atoms with Crippen molar-refractivity contribution in [2.45, 2.75) is 13.5 Å². The number of carbonyl (C=O) groups is 1. The van der Waals surface area contributed by atoms with Gasteiger partial charge in [0.25, 0.3) is 0 Å². The molecule has 138 valence electrons. The van der Waals surface area contributed by atoms with Gasteiger partial charge in [-0.2, -0.15) is 5.10 Å². The molecule has 0 aliphatic carbocycles. The zero-order chi connectivity index (χ0) is 18.8. The number of benzene rings is 2. The fraction of sp³-hybridized carbons (Fsp3) is 0.263. The first-order valence-corrected chi connectivity index (χ1v) is 8.47. The first-order valence-electron chi connectivity index (χ1n) is 8.09. The van der Waals surface area contributed by atoms with E-state index in [4.69, 9.17) is 25.8 Å². The molecule has 1 N–H and O–H groups in total. The molecule has 0 spiro atoms. The maximum absolute atomic E-state index is 11.4. The maximum Gasteiger partial charge on any atom is 0.344 e. The summed E-state index contributed by atoms with van der Waals surface area (Å²) in [6.45, 7) is 2.48. The molecule has 0 saturated carbocycles. The van der Waals surface area contributed by atoms with Crippen molar-refractivity contribution in [2.24, 2.45) is 5.10 Å². The Hall–Kier alpha value is -2.73. The van der Waals surface area contributed by atoms with Gasteiger partial charge in [0.1, 0.15) is 0 Å². The number of hydrogen-bond donors (Lipinski definition) is 1. The molecule has 0 unspecified atom stereocenters. The quantitative estimate of drug-likeness (QED) is 0.412. The number of esters is 1. The molecule has 0 amide bonds. The summed E-state index contributed by atoms with van der Waals surface area (Å²) in [6.07, 6.45) is 1.67. The molecule has 6 nitrogen and oxygen atoms in total. The summed E-state index contributed by atoms with van der Waals surface area (Å²) in [5.41, 5.74) is 4.87. The van der Waals surface area contributed by atoms with E-state index in [0.29, 0.717) is 29.7 Å². The third-order valence-electron chi connectivity index (χ3n) is 3.34. The second-order valence-electron chi connectivity index (χ2n) is 5.22. The molecule has 0 saturated heterocycles. The van der Waals surface area contributed by atoms with Gasteiger partial charge < -0.3 is 19.6 Å². The highest BCUT2D eigenvalue weighted by Crippen LogP contribution is 2.27. The van der Waals surface area contributed by atoms with E-state index in [0.717, 1.165) is 11.1 Å². The van der Waals surface area contributed by atoms with E-state index >= 15 is 0 Å². The Bertz CT molecular complexity index is 748. The van der Waals surface area contributed by atoms with Crippen molar-refractivity contribution in [3.63, 3.8) is 0 Å². The van der Waals surface area contributed by atoms with Gasteiger partial charge in [-0.1, -0.05) is 23.7 Å². The van der Waals surface area contributed by atoms with Crippen molar-refractivity contribution < 1.29 is 19.0 Å². The molecule has 0 atom stereocenters. The van der Waals surface area contributed by atoms with Gasteiger partial charge in [-0.05, 0) is 48.4 Å². The predicted octanol–water partition coefficient (Wildman–Crippen LogP) is 3.41. The monoisotopic (exact) mass is 376 g/mol. The van der Waals surface area contributed by atoms with Crippen LogP contribution in [0.15, 0.2) is 47.6 Å². The number of hydrogen-bond acceptors (Lipinski definition) is 6. The number of hydrazone groups is 1. The van der Waals surface area contributed by atoms with Gasteiger partial charge in [0.2, 0.25) is 0 Å². The Labute approximate surface area is 157 Å². The van der Waals surface area contributed by atoms with Crippen LogP contribution in [0.25, 0.3) is 0 Å². The van der Waals surface area contributed by atoms with Crippen molar-refractivity contribution in [3.05, 3.63) is 58.6 Å². The first-order chi connectivity index (χ1) is 12.6. The number of nitrogens with zero attached hydrogens (tertiary/aromatic N) is 1. The average Bonchev–Trinajstić information content (AvgIpc) is 2.65. The Balaban J connectivity index is 1.90. The van der Waals surface area contributed by atoms with Crippen LogP contribution in [0.1, 0.15) is 18.1 Å². The molecule has 2 aromatic rings. The second kappa shape index (κ2) is 10.3. The zero-order valence-corrected chi connectivity index (χ0v) is 15.5. The average molecular weight is 377 g/mol. The number of rotatable bonds is 9. The normalized spacial score (nSPS) is 10.6. The van der Waals surface area contributed by atoms with E-state index in [-0.39, 0.29) is 6.61 Å². The van der Waals surface area contributed by atoms with Crippen molar-refractivity contribution in [3.8, 4) is 11.5 Å².